The van der Waals surface area contributed by atoms with Gasteiger partial charge < -0.3 is 14.7 Å². The number of thiazole rings is 1. The van der Waals surface area contributed by atoms with Gasteiger partial charge in [0.2, 0.25) is 0 Å². The molecule has 18 heavy (non-hydrogen) atoms. The molecule has 1 amide bonds. The maximum atomic E-state index is 12.2. The van der Waals surface area contributed by atoms with E-state index < -0.39 is 17.9 Å². The van der Waals surface area contributed by atoms with E-state index in [1.807, 2.05) is 6.92 Å². The molecule has 0 bridgehead atoms. The monoisotopic (exact) mass is 270 g/mol. The molecule has 98 valence electrons. The van der Waals surface area contributed by atoms with Crippen LogP contribution in [0.4, 0.5) is 0 Å². The Morgan fingerprint density at radius 1 is 1.56 bits per heavy atom. The predicted molar refractivity (Wildman–Crippen MR) is 64.7 cm³/mol. The first-order valence-corrected chi connectivity index (χ1v) is 6.32. The molecule has 2 unspecified atom stereocenters. The molecule has 7 heteroatoms. The van der Waals surface area contributed by atoms with E-state index in [2.05, 4.69) is 4.98 Å². The number of ether oxygens (including phenoxy) is 1. The molecule has 1 aromatic rings. The summed E-state index contributed by atoms with van der Waals surface area (Å²) in [4.78, 5) is 29.2. The molecule has 1 saturated heterocycles. The van der Waals surface area contributed by atoms with Crippen LogP contribution >= 0.6 is 11.3 Å². The number of carboxylic acid groups (broad SMARTS) is 1. The van der Waals surface area contributed by atoms with Crippen LogP contribution in [0.1, 0.15) is 14.7 Å². The van der Waals surface area contributed by atoms with Gasteiger partial charge in [0.15, 0.2) is 0 Å². The van der Waals surface area contributed by atoms with Gasteiger partial charge in [0, 0.05) is 7.05 Å². The molecule has 1 aliphatic rings. The Morgan fingerprint density at radius 2 is 2.28 bits per heavy atom. The van der Waals surface area contributed by atoms with Crippen molar-refractivity contribution in [2.75, 3.05) is 20.3 Å². The van der Waals surface area contributed by atoms with Crippen molar-refractivity contribution >= 4 is 23.2 Å². The number of amides is 1. The Bertz CT molecular complexity index is 473. The van der Waals surface area contributed by atoms with Crippen molar-refractivity contribution < 1.29 is 19.4 Å². The van der Waals surface area contributed by atoms with Crippen LogP contribution in [0.2, 0.25) is 0 Å². The molecule has 1 N–H and O–H groups in total. The smallest absolute Gasteiger partial charge is 0.311 e. The Morgan fingerprint density at radius 3 is 2.83 bits per heavy atom. The number of aromatic nitrogens is 1. The van der Waals surface area contributed by atoms with Gasteiger partial charge in [-0.1, -0.05) is 0 Å². The maximum Gasteiger partial charge on any atom is 0.311 e. The van der Waals surface area contributed by atoms with Gasteiger partial charge in [-0.15, -0.1) is 11.3 Å². The van der Waals surface area contributed by atoms with Crippen molar-refractivity contribution in [1.82, 2.24) is 9.88 Å². The lowest BCUT2D eigenvalue weighted by Gasteiger charge is -2.25. The third kappa shape index (κ3) is 2.37. The van der Waals surface area contributed by atoms with Gasteiger partial charge in [0.25, 0.3) is 5.91 Å². The van der Waals surface area contributed by atoms with Gasteiger partial charge in [-0.2, -0.15) is 0 Å². The minimum Gasteiger partial charge on any atom is -0.481 e. The molecule has 0 spiro atoms. The summed E-state index contributed by atoms with van der Waals surface area (Å²) in [5, 5.41) is 9.87. The Kier molecular flexibility index (Phi) is 3.63. The Balaban J connectivity index is 2.13. The van der Waals surface area contributed by atoms with Crippen LogP contribution in [0.15, 0.2) is 6.20 Å². The van der Waals surface area contributed by atoms with E-state index in [1.54, 1.807) is 7.05 Å². The van der Waals surface area contributed by atoms with Crippen LogP contribution in [-0.4, -0.2) is 53.2 Å². The highest BCUT2D eigenvalue weighted by atomic mass is 32.1. The predicted octanol–water partition coefficient (Wildman–Crippen LogP) is 0.623. The second kappa shape index (κ2) is 5.03. The fraction of sp³-hybridized carbons (Fsp3) is 0.545. The molecule has 1 fully saturated rings. The molecule has 1 aromatic heterocycles. The largest absolute Gasteiger partial charge is 0.481 e. The fourth-order valence-electron chi connectivity index (χ4n) is 1.95. The molecule has 2 heterocycles. The summed E-state index contributed by atoms with van der Waals surface area (Å²) in [6.07, 6.45) is 1.52. The van der Waals surface area contributed by atoms with E-state index in [9.17, 15) is 9.59 Å². The molecular formula is C11H14N2O4S. The quantitative estimate of drug-likeness (QED) is 0.871. The van der Waals surface area contributed by atoms with Crippen molar-refractivity contribution in [1.29, 1.82) is 0 Å². The van der Waals surface area contributed by atoms with E-state index >= 15 is 0 Å². The van der Waals surface area contributed by atoms with Gasteiger partial charge in [-0.05, 0) is 6.92 Å². The molecule has 2 atom stereocenters. The highest BCUT2D eigenvalue weighted by molar-refractivity contribution is 7.13. The van der Waals surface area contributed by atoms with Crippen LogP contribution in [0, 0.1) is 12.8 Å². The lowest BCUT2D eigenvalue weighted by molar-refractivity contribution is -0.142. The van der Waals surface area contributed by atoms with Crippen LogP contribution in [-0.2, 0) is 9.53 Å². The summed E-state index contributed by atoms with van der Waals surface area (Å²) in [7, 11) is 1.60. The van der Waals surface area contributed by atoms with Crippen molar-refractivity contribution in [3.05, 3.63) is 16.1 Å². The Hall–Kier alpha value is -1.47. The summed E-state index contributed by atoms with van der Waals surface area (Å²) < 4.78 is 5.16. The van der Waals surface area contributed by atoms with E-state index in [4.69, 9.17) is 9.84 Å². The number of carbonyl (C=O) groups is 2. The minimum absolute atomic E-state index is 0.152. The zero-order valence-corrected chi connectivity index (χ0v) is 10.9. The van der Waals surface area contributed by atoms with Crippen LogP contribution in [0.3, 0.4) is 0 Å². The number of carboxylic acids is 1. The average molecular weight is 270 g/mol. The third-order valence-corrected chi connectivity index (χ3v) is 3.92. The number of carbonyl (C=O) groups excluding carboxylic acids is 1. The van der Waals surface area contributed by atoms with Crippen molar-refractivity contribution in [3.63, 3.8) is 0 Å². The van der Waals surface area contributed by atoms with E-state index in [-0.39, 0.29) is 19.1 Å². The second-order valence-corrected chi connectivity index (χ2v) is 5.44. The standard InChI is InChI=1S/C11H14N2O4S/c1-6-12-3-9(18-6)10(14)13(2)8-5-17-4-7(8)11(15)16/h3,7-8H,4-5H2,1-2H3,(H,15,16). The zero-order chi connectivity index (χ0) is 13.3. The topological polar surface area (TPSA) is 79.7 Å². The van der Waals surface area contributed by atoms with Crippen LogP contribution in [0.25, 0.3) is 0 Å². The lowest BCUT2D eigenvalue weighted by Crippen LogP contribution is -2.43. The number of nitrogens with zero attached hydrogens (tertiary/aromatic N) is 2. The molecule has 0 radical (unpaired) electrons. The van der Waals surface area contributed by atoms with E-state index in [1.165, 1.54) is 22.4 Å². The number of aliphatic carboxylic acids is 1. The first-order chi connectivity index (χ1) is 8.50. The summed E-state index contributed by atoms with van der Waals surface area (Å²) in [5.74, 6) is -1.80. The first kappa shape index (κ1) is 13.0. The van der Waals surface area contributed by atoms with Crippen molar-refractivity contribution in [3.8, 4) is 0 Å². The number of hydrogen-bond acceptors (Lipinski definition) is 5. The number of rotatable bonds is 3. The molecule has 6 nitrogen and oxygen atoms in total. The zero-order valence-electron chi connectivity index (χ0n) is 10.1. The van der Waals surface area contributed by atoms with Crippen LogP contribution in [0.5, 0.6) is 0 Å². The number of aryl methyl sites for hydroxylation is 1. The van der Waals surface area contributed by atoms with Gasteiger partial charge in [-0.25, -0.2) is 4.98 Å². The fourth-order valence-corrected chi connectivity index (χ4v) is 2.71. The van der Waals surface area contributed by atoms with Crippen molar-refractivity contribution in [2.24, 2.45) is 5.92 Å². The van der Waals surface area contributed by atoms with Crippen LogP contribution < -0.4 is 0 Å². The molecule has 1 aliphatic heterocycles. The first-order valence-electron chi connectivity index (χ1n) is 5.51. The van der Waals surface area contributed by atoms with Gasteiger partial charge in [0.05, 0.1) is 30.5 Å². The summed E-state index contributed by atoms with van der Waals surface area (Å²) in [5.41, 5.74) is 0. The van der Waals surface area contributed by atoms with Crippen molar-refractivity contribution in [2.45, 2.75) is 13.0 Å². The second-order valence-electron chi connectivity index (χ2n) is 4.21. The van der Waals surface area contributed by atoms with Gasteiger partial charge >= 0.3 is 5.97 Å². The van der Waals surface area contributed by atoms with E-state index in [0.717, 1.165) is 5.01 Å². The summed E-state index contributed by atoms with van der Waals surface area (Å²) >= 11 is 1.30. The molecule has 0 aromatic carbocycles. The third-order valence-electron chi connectivity index (χ3n) is 3.02. The molecular weight excluding hydrogens is 256 g/mol. The Labute approximate surface area is 108 Å². The average Bonchev–Trinajstić information content (AvgIpc) is 2.95. The summed E-state index contributed by atoms with van der Waals surface area (Å²) in [6, 6.07) is -0.419. The van der Waals surface area contributed by atoms with Gasteiger partial charge in [0.1, 0.15) is 10.8 Å². The maximum absolute atomic E-state index is 12.2. The number of hydrogen-bond donors (Lipinski definition) is 1. The molecule has 0 saturated carbocycles. The molecule has 0 aliphatic carbocycles. The minimum atomic E-state index is -0.933. The SMILES string of the molecule is Cc1ncc(C(=O)N(C)C2COCC2C(=O)O)s1. The summed E-state index contributed by atoms with van der Waals surface area (Å²) in [6.45, 7) is 2.23. The highest BCUT2D eigenvalue weighted by Gasteiger charge is 2.38. The normalized spacial score (nSPS) is 23.0. The van der Waals surface area contributed by atoms with E-state index in [0.29, 0.717) is 4.88 Å². The van der Waals surface area contributed by atoms with Gasteiger partial charge in [-0.3, -0.25) is 9.59 Å². The lowest BCUT2D eigenvalue weighted by atomic mass is 10.0. The number of likely N-dealkylation sites (N-methyl/N-ethyl adjacent to an activating group) is 1. The highest BCUT2D eigenvalue weighted by Crippen LogP contribution is 2.22. The molecule has 2 rings (SSSR count).